The van der Waals surface area contributed by atoms with Crippen LogP contribution >= 0.6 is 0 Å². The van der Waals surface area contributed by atoms with Crippen molar-refractivity contribution < 1.29 is 14.3 Å². The van der Waals surface area contributed by atoms with Gasteiger partial charge in [0, 0.05) is 47.0 Å². The summed E-state index contributed by atoms with van der Waals surface area (Å²) in [6.45, 7) is 3.61. The first-order valence-corrected chi connectivity index (χ1v) is 13.7. The van der Waals surface area contributed by atoms with Crippen LogP contribution in [-0.2, 0) is 0 Å². The Hall–Kier alpha value is -4.76. The number of carbonyl (C=O) groups excluding carboxylic acids is 1. The molecule has 0 spiro atoms. The number of hydrogen-bond acceptors (Lipinski definition) is 6. The monoisotopic (exact) mass is 550 g/mol. The van der Waals surface area contributed by atoms with Crippen molar-refractivity contribution in [3.63, 3.8) is 0 Å². The quantitative estimate of drug-likeness (QED) is 0.230. The average molecular weight is 551 g/mol. The van der Waals surface area contributed by atoms with Crippen LogP contribution in [0.5, 0.6) is 5.75 Å². The number of fused-ring (bicyclic) bond motifs is 1. The smallest absolute Gasteiger partial charge is 0.252 e. The van der Waals surface area contributed by atoms with Crippen molar-refractivity contribution in [1.29, 1.82) is 0 Å². The molecule has 9 heteroatoms. The molecular weight excluding hydrogens is 519 g/mol. The topological polar surface area (TPSA) is 120 Å². The molecule has 8 nitrogen and oxygen atoms in total. The molecular formula is C32H31FN6O2. The van der Waals surface area contributed by atoms with Crippen molar-refractivity contribution in [2.75, 3.05) is 18.0 Å². The van der Waals surface area contributed by atoms with Crippen LogP contribution in [0.4, 0.5) is 10.2 Å². The maximum absolute atomic E-state index is 14.3. The Morgan fingerprint density at radius 1 is 1.05 bits per heavy atom. The Balaban J connectivity index is 1.30. The minimum absolute atomic E-state index is 0.119. The number of halogens is 1. The van der Waals surface area contributed by atoms with E-state index in [9.17, 15) is 14.3 Å². The van der Waals surface area contributed by atoms with Gasteiger partial charge in [0.15, 0.2) is 5.82 Å². The van der Waals surface area contributed by atoms with Crippen LogP contribution in [0.3, 0.4) is 0 Å². The summed E-state index contributed by atoms with van der Waals surface area (Å²) in [5.41, 5.74) is 10.5. The molecule has 0 aliphatic carbocycles. The lowest BCUT2D eigenvalue weighted by Crippen LogP contribution is -2.40. The Kier molecular flexibility index (Phi) is 7.11. The summed E-state index contributed by atoms with van der Waals surface area (Å²) in [4.78, 5) is 19.2. The lowest BCUT2D eigenvalue weighted by molar-refractivity contribution is 0.0942. The van der Waals surface area contributed by atoms with E-state index >= 15 is 0 Å². The molecule has 1 aliphatic rings. The van der Waals surface area contributed by atoms with Crippen LogP contribution in [0.25, 0.3) is 22.2 Å². The third kappa shape index (κ3) is 5.62. The predicted octanol–water partition coefficient (Wildman–Crippen LogP) is 5.22. The minimum Gasteiger partial charge on any atom is -0.508 e. The highest BCUT2D eigenvalue weighted by atomic mass is 19.1. The summed E-state index contributed by atoms with van der Waals surface area (Å²) in [5, 5.41) is 23.5. The van der Waals surface area contributed by atoms with Gasteiger partial charge in [-0.1, -0.05) is 18.2 Å². The van der Waals surface area contributed by atoms with Gasteiger partial charge in [-0.05, 0) is 91.4 Å². The van der Waals surface area contributed by atoms with Gasteiger partial charge in [0.05, 0.1) is 11.7 Å². The Bertz CT molecular complexity index is 1680. The maximum Gasteiger partial charge on any atom is 0.252 e. The van der Waals surface area contributed by atoms with E-state index < -0.39 is 11.9 Å². The van der Waals surface area contributed by atoms with E-state index in [1.807, 2.05) is 55.5 Å². The van der Waals surface area contributed by atoms with Crippen LogP contribution in [0.1, 0.15) is 46.1 Å². The van der Waals surface area contributed by atoms with E-state index in [1.54, 1.807) is 12.1 Å². The molecule has 1 fully saturated rings. The van der Waals surface area contributed by atoms with Crippen molar-refractivity contribution >= 4 is 22.6 Å². The van der Waals surface area contributed by atoms with Crippen molar-refractivity contribution in [2.45, 2.75) is 31.8 Å². The van der Waals surface area contributed by atoms with Gasteiger partial charge in [-0.3, -0.25) is 4.79 Å². The molecule has 208 valence electrons. The molecule has 0 bridgehead atoms. The van der Waals surface area contributed by atoms with Crippen molar-refractivity contribution in [2.24, 2.45) is 5.73 Å². The van der Waals surface area contributed by atoms with Gasteiger partial charge < -0.3 is 26.0 Å². The zero-order chi connectivity index (χ0) is 28.5. The Labute approximate surface area is 237 Å². The number of nitrogens with one attached hydrogen (secondary N) is 2. The number of aromatic hydroxyl groups is 1. The second-order valence-corrected chi connectivity index (χ2v) is 10.6. The normalized spacial score (nSPS) is 14.8. The number of hydrogen-bond donors (Lipinski definition) is 4. The fraction of sp³-hybridized carbons (Fsp3) is 0.219. The number of phenolic OH excluding ortho intramolecular Hbond substituents is 1. The number of nitrogens with zero attached hydrogens (tertiary/aromatic N) is 3. The molecule has 1 unspecified atom stereocenters. The lowest BCUT2D eigenvalue weighted by atomic mass is 10.00. The summed E-state index contributed by atoms with van der Waals surface area (Å²) in [6.07, 6.45) is 1.85. The summed E-state index contributed by atoms with van der Waals surface area (Å²) >= 11 is 0. The Morgan fingerprint density at radius 3 is 2.61 bits per heavy atom. The molecule has 6 rings (SSSR count). The fourth-order valence-corrected chi connectivity index (χ4v) is 5.38. The summed E-state index contributed by atoms with van der Waals surface area (Å²) in [5.74, 6) is -0.203. The SMILES string of the molecule is Cc1cc(C(=O)NC(c2cc3ccccc3[nH]2)c2cc(F)ccc2O)cc(-c2ccc(N3CCC(N)CC3)nn2)c1. The predicted molar refractivity (Wildman–Crippen MR) is 157 cm³/mol. The van der Waals surface area contributed by atoms with Crippen molar-refractivity contribution in [3.8, 4) is 17.0 Å². The number of piperidine rings is 1. The number of aromatic amines is 1. The molecule has 1 amide bonds. The first-order chi connectivity index (χ1) is 19.8. The standard InChI is InChI=1S/C32H31FN6O2/c1-19-14-21(27-7-9-30(38-37-27)39-12-10-24(34)11-13-39)16-22(15-19)32(41)36-31(25-18-23(33)6-8-29(25)40)28-17-20-4-2-3-5-26(20)35-28/h2-9,14-18,24,31,35,40H,10-13,34H2,1H3,(H,36,41). The lowest BCUT2D eigenvalue weighted by Gasteiger charge is -2.30. The molecule has 0 saturated carbocycles. The molecule has 5 aromatic rings. The molecule has 3 aromatic carbocycles. The highest BCUT2D eigenvalue weighted by molar-refractivity contribution is 5.96. The number of carbonyl (C=O) groups is 1. The van der Waals surface area contributed by atoms with Gasteiger partial charge in [0.25, 0.3) is 5.91 Å². The molecule has 1 aliphatic heterocycles. The summed E-state index contributed by atoms with van der Waals surface area (Å²) < 4.78 is 14.3. The van der Waals surface area contributed by atoms with Crippen LogP contribution in [0.15, 0.2) is 78.9 Å². The molecule has 5 N–H and O–H groups in total. The van der Waals surface area contributed by atoms with E-state index in [4.69, 9.17) is 5.73 Å². The number of para-hydroxylation sites is 1. The van der Waals surface area contributed by atoms with Crippen LogP contribution < -0.4 is 16.0 Å². The minimum atomic E-state index is -0.828. The Morgan fingerprint density at radius 2 is 1.85 bits per heavy atom. The van der Waals surface area contributed by atoms with Gasteiger partial charge in [-0.2, -0.15) is 0 Å². The van der Waals surface area contributed by atoms with Crippen LogP contribution in [0.2, 0.25) is 0 Å². The maximum atomic E-state index is 14.3. The third-order valence-electron chi connectivity index (χ3n) is 7.59. The molecule has 3 heterocycles. The number of amides is 1. The first-order valence-electron chi connectivity index (χ1n) is 13.7. The van der Waals surface area contributed by atoms with Crippen molar-refractivity contribution in [1.82, 2.24) is 20.5 Å². The van der Waals surface area contributed by atoms with Crippen molar-refractivity contribution in [3.05, 3.63) is 107 Å². The van der Waals surface area contributed by atoms with E-state index in [1.165, 1.54) is 18.2 Å². The number of anilines is 1. The number of aromatic nitrogens is 3. The number of H-pyrrole nitrogens is 1. The number of rotatable bonds is 6. The van der Waals surface area contributed by atoms with E-state index in [2.05, 4.69) is 25.4 Å². The molecule has 0 radical (unpaired) electrons. The molecule has 2 aromatic heterocycles. The highest BCUT2D eigenvalue weighted by Gasteiger charge is 2.24. The van der Waals surface area contributed by atoms with E-state index in [0.29, 0.717) is 17.0 Å². The van der Waals surface area contributed by atoms with E-state index in [-0.39, 0.29) is 23.3 Å². The fourth-order valence-electron chi connectivity index (χ4n) is 5.38. The van der Waals surface area contributed by atoms with Gasteiger partial charge in [0.1, 0.15) is 11.6 Å². The number of nitrogens with two attached hydrogens (primary N) is 1. The second kappa shape index (κ2) is 11.0. The molecule has 1 saturated heterocycles. The van der Waals surface area contributed by atoms with Crippen LogP contribution in [-0.4, -0.2) is 45.3 Å². The van der Waals surface area contributed by atoms with E-state index in [0.717, 1.165) is 53.8 Å². The first kappa shape index (κ1) is 26.5. The molecule has 41 heavy (non-hydrogen) atoms. The van der Waals surface area contributed by atoms with Gasteiger partial charge in [-0.25, -0.2) is 4.39 Å². The largest absolute Gasteiger partial charge is 0.508 e. The zero-order valence-corrected chi connectivity index (χ0v) is 22.6. The number of phenols is 1. The number of benzene rings is 3. The zero-order valence-electron chi connectivity index (χ0n) is 22.6. The summed E-state index contributed by atoms with van der Waals surface area (Å²) in [7, 11) is 0. The molecule has 1 atom stereocenters. The van der Waals surface area contributed by atoms with Crippen LogP contribution in [0, 0.1) is 12.7 Å². The summed E-state index contributed by atoms with van der Waals surface area (Å²) in [6, 6.07) is 22.0. The third-order valence-corrected chi connectivity index (χ3v) is 7.59. The number of aryl methyl sites for hydroxylation is 1. The highest BCUT2D eigenvalue weighted by Crippen LogP contribution is 2.32. The van der Waals surface area contributed by atoms with Gasteiger partial charge >= 0.3 is 0 Å². The van der Waals surface area contributed by atoms with Gasteiger partial charge in [0.2, 0.25) is 0 Å². The van der Waals surface area contributed by atoms with Gasteiger partial charge in [-0.15, -0.1) is 10.2 Å². The second-order valence-electron chi connectivity index (χ2n) is 10.6. The average Bonchev–Trinajstić information content (AvgIpc) is 3.41.